The first-order valence-electron chi connectivity index (χ1n) is 9.82. The first-order valence-corrected chi connectivity index (χ1v) is 12.7. The van der Waals surface area contributed by atoms with E-state index in [0.29, 0.717) is 12.8 Å². The quantitative estimate of drug-likeness (QED) is 0.326. The number of rotatable bonds is 7. The van der Waals surface area contributed by atoms with E-state index < -0.39 is 19.8 Å². The summed E-state index contributed by atoms with van der Waals surface area (Å²) < 4.78 is 11.8. The number of carbonyl (C=O) groups is 1. The lowest BCUT2D eigenvalue weighted by Crippen LogP contribution is -3.16. The summed E-state index contributed by atoms with van der Waals surface area (Å²) in [5, 5.41) is 13.1. The van der Waals surface area contributed by atoms with Gasteiger partial charge in [-0.15, -0.1) is 0 Å². The zero-order valence-corrected chi connectivity index (χ0v) is 19.0. The van der Waals surface area contributed by atoms with Gasteiger partial charge < -0.3 is 19.4 Å². The van der Waals surface area contributed by atoms with Gasteiger partial charge in [0.25, 0.3) is 0 Å². The largest absolute Gasteiger partial charge is 0.633 e. The molecular formula is C21H34N2O4Si. The Bertz CT molecular complexity index is 717. The molecule has 1 saturated heterocycles. The number of hydrogen-bond donors (Lipinski definition) is 1. The number of quaternary nitrogens is 1. The van der Waals surface area contributed by atoms with E-state index in [1.165, 1.54) is 6.08 Å². The van der Waals surface area contributed by atoms with Gasteiger partial charge in [0.15, 0.2) is 8.32 Å². The fourth-order valence-corrected chi connectivity index (χ4v) is 4.78. The lowest BCUT2D eigenvalue weighted by molar-refractivity contribution is -0.881. The molecular weight excluding hydrogens is 372 g/mol. The number of esters is 1. The number of carbonyl (C=O) groups excluding carboxylic acids is 1. The standard InChI is InChI=1S/C21H34N2O4Si/c1-8-11-26-19(24)21(13-17-9-10-22-16(2)12-17)14-18(15-23(21)25)27-28(6,7)20(3,4)5/h8-10,12,18,23H,1,11,13-15H2,2-7H3/t18-,21-/m1/s1. The average molecular weight is 407 g/mol. The Morgan fingerprint density at radius 2 is 2.18 bits per heavy atom. The Labute approximate surface area is 169 Å². The second-order valence-electron chi connectivity index (χ2n) is 9.28. The van der Waals surface area contributed by atoms with E-state index in [1.807, 2.05) is 19.1 Å². The third kappa shape index (κ3) is 4.89. The average Bonchev–Trinajstić information content (AvgIpc) is 2.87. The van der Waals surface area contributed by atoms with Crippen LogP contribution in [0.5, 0.6) is 0 Å². The molecule has 28 heavy (non-hydrogen) atoms. The monoisotopic (exact) mass is 406 g/mol. The van der Waals surface area contributed by atoms with E-state index in [4.69, 9.17) is 9.16 Å². The van der Waals surface area contributed by atoms with Crippen molar-refractivity contribution >= 4 is 14.3 Å². The van der Waals surface area contributed by atoms with Crippen LogP contribution in [-0.4, -0.2) is 44.1 Å². The van der Waals surface area contributed by atoms with Crippen LogP contribution >= 0.6 is 0 Å². The van der Waals surface area contributed by atoms with Gasteiger partial charge in [-0.2, -0.15) is 0 Å². The summed E-state index contributed by atoms with van der Waals surface area (Å²) >= 11 is 0. The van der Waals surface area contributed by atoms with Crippen molar-refractivity contribution in [2.75, 3.05) is 13.2 Å². The molecule has 7 heteroatoms. The molecule has 0 aliphatic carbocycles. The number of nitrogens with one attached hydrogen (secondary N) is 1. The highest BCUT2D eigenvalue weighted by Crippen LogP contribution is 2.38. The van der Waals surface area contributed by atoms with Crippen molar-refractivity contribution in [3.8, 4) is 0 Å². The Hall–Kier alpha value is -1.54. The summed E-state index contributed by atoms with van der Waals surface area (Å²) in [6, 6.07) is 3.77. The number of hydroxylamine groups is 2. The number of hydrogen-bond acceptors (Lipinski definition) is 5. The van der Waals surface area contributed by atoms with E-state index in [2.05, 4.69) is 45.4 Å². The molecule has 156 valence electrons. The first-order chi connectivity index (χ1) is 12.9. The molecule has 0 saturated carbocycles. The van der Waals surface area contributed by atoms with Crippen molar-refractivity contribution in [3.05, 3.63) is 47.4 Å². The second-order valence-corrected chi connectivity index (χ2v) is 14.0. The van der Waals surface area contributed by atoms with Crippen LogP contribution in [0.15, 0.2) is 31.0 Å². The van der Waals surface area contributed by atoms with Gasteiger partial charge in [0.05, 0.1) is 0 Å². The maximum atomic E-state index is 13.1. The highest BCUT2D eigenvalue weighted by atomic mass is 28.4. The molecule has 1 aromatic heterocycles. The Kier molecular flexibility index (Phi) is 6.86. The molecule has 6 nitrogen and oxygen atoms in total. The summed E-state index contributed by atoms with van der Waals surface area (Å²) in [5.74, 6) is -0.479. The number of pyridine rings is 1. The summed E-state index contributed by atoms with van der Waals surface area (Å²) in [5.41, 5.74) is 0.556. The topological polar surface area (TPSA) is 75.9 Å². The van der Waals surface area contributed by atoms with Crippen LogP contribution < -0.4 is 5.06 Å². The van der Waals surface area contributed by atoms with Crippen LogP contribution in [0, 0.1) is 12.1 Å². The third-order valence-electron chi connectivity index (χ3n) is 5.98. The van der Waals surface area contributed by atoms with Gasteiger partial charge in [0.2, 0.25) is 5.54 Å². The molecule has 2 rings (SSSR count). The zero-order valence-electron chi connectivity index (χ0n) is 18.0. The first kappa shape index (κ1) is 22.7. The molecule has 3 atom stereocenters. The maximum Gasteiger partial charge on any atom is 0.369 e. The predicted octanol–water partition coefficient (Wildman–Crippen LogP) is 2.58. The van der Waals surface area contributed by atoms with E-state index in [1.54, 1.807) is 6.20 Å². The number of aromatic nitrogens is 1. The van der Waals surface area contributed by atoms with Crippen LogP contribution in [0.3, 0.4) is 0 Å². The predicted molar refractivity (Wildman–Crippen MR) is 112 cm³/mol. The molecule has 0 spiro atoms. The smallest absolute Gasteiger partial charge is 0.369 e. The number of aryl methyl sites for hydroxylation is 1. The van der Waals surface area contributed by atoms with Crippen molar-refractivity contribution in [1.82, 2.24) is 4.98 Å². The van der Waals surface area contributed by atoms with E-state index in [-0.39, 0.29) is 29.4 Å². The zero-order chi connectivity index (χ0) is 21.2. The second kappa shape index (κ2) is 8.45. The number of ether oxygens (including phenoxy) is 1. The number of nitrogens with zero attached hydrogens (tertiary/aromatic N) is 1. The van der Waals surface area contributed by atoms with Crippen molar-refractivity contribution in [2.45, 2.75) is 70.3 Å². The summed E-state index contributed by atoms with van der Waals surface area (Å²) in [6.07, 6.45) is 3.63. The maximum absolute atomic E-state index is 13.1. The lowest BCUT2D eigenvalue weighted by Gasteiger charge is -2.37. The van der Waals surface area contributed by atoms with Gasteiger partial charge >= 0.3 is 5.97 Å². The molecule has 0 bridgehead atoms. The van der Waals surface area contributed by atoms with Crippen LogP contribution in [0.2, 0.25) is 18.1 Å². The Balaban J connectivity index is 2.31. The normalized spacial score (nSPS) is 25.5. The van der Waals surface area contributed by atoms with Gasteiger partial charge in [-0.3, -0.25) is 4.98 Å². The van der Waals surface area contributed by atoms with E-state index in [9.17, 15) is 10.0 Å². The Morgan fingerprint density at radius 3 is 2.75 bits per heavy atom. The molecule has 1 aliphatic rings. The van der Waals surface area contributed by atoms with Crippen LogP contribution in [0.1, 0.15) is 38.4 Å². The van der Waals surface area contributed by atoms with Crippen molar-refractivity contribution in [2.24, 2.45) is 0 Å². The van der Waals surface area contributed by atoms with Gasteiger partial charge in [-0.05, 0) is 42.8 Å². The molecule has 1 N–H and O–H groups in total. The van der Waals surface area contributed by atoms with E-state index >= 15 is 0 Å². The molecule has 1 unspecified atom stereocenters. The van der Waals surface area contributed by atoms with Crippen molar-refractivity contribution in [3.63, 3.8) is 0 Å². The molecule has 0 aromatic carbocycles. The summed E-state index contributed by atoms with van der Waals surface area (Å²) in [4.78, 5) is 17.2. The lowest BCUT2D eigenvalue weighted by atomic mass is 9.88. The molecule has 2 heterocycles. The van der Waals surface area contributed by atoms with Crippen molar-refractivity contribution < 1.29 is 19.0 Å². The Morgan fingerprint density at radius 1 is 1.50 bits per heavy atom. The van der Waals surface area contributed by atoms with Crippen LogP contribution in [0.4, 0.5) is 0 Å². The summed E-state index contributed by atoms with van der Waals surface area (Å²) in [7, 11) is -2.05. The minimum absolute atomic E-state index is 0.0346. The SMILES string of the molecule is C=CCOC(=O)[C@@]1(Cc2ccnc(C)c2)C[C@@H](O[Si](C)(C)C(C)(C)C)C[NH+]1[O-]. The highest BCUT2D eigenvalue weighted by molar-refractivity contribution is 6.74. The molecule has 0 radical (unpaired) electrons. The summed E-state index contributed by atoms with van der Waals surface area (Å²) in [6.45, 7) is 16.7. The molecule has 0 amide bonds. The van der Waals surface area contributed by atoms with Crippen LogP contribution in [-0.2, 0) is 20.4 Å². The molecule has 1 aliphatic heterocycles. The van der Waals surface area contributed by atoms with Crippen molar-refractivity contribution in [1.29, 1.82) is 0 Å². The molecule has 1 aromatic rings. The van der Waals surface area contributed by atoms with Gasteiger partial charge in [-0.25, -0.2) is 4.79 Å². The third-order valence-corrected chi connectivity index (χ3v) is 10.5. The minimum atomic E-state index is -2.05. The van der Waals surface area contributed by atoms with Crippen LogP contribution in [0.25, 0.3) is 0 Å². The fraction of sp³-hybridized carbons (Fsp3) is 0.619. The van der Waals surface area contributed by atoms with Gasteiger partial charge in [0, 0.05) is 24.7 Å². The molecule has 1 fully saturated rings. The van der Waals surface area contributed by atoms with E-state index in [0.717, 1.165) is 11.3 Å². The van der Waals surface area contributed by atoms with Gasteiger partial charge in [0.1, 0.15) is 19.3 Å². The highest BCUT2D eigenvalue weighted by Gasteiger charge is 2.55. The minimum Gasteiger partial charge on any atom is -0.633 e. The van der Waals surface area contributed by atoms with Gasteiger partial charge in [-0.1, -0.05) is 33.4 Å². The fourth-order valence-electron chi connectivity index (χ4n) is 3.43.